The average molecular weight is 1420 g/mol. The summed E-state index contributed by atoms with van der Waals surface area (Å²) in [4.78, 5) is 83.1. The molecular formula is C35H45I5N6O15. The molecule has 0 spiro atoms. The number of amides is 6. The van der Waals surface area contributed by atoms with Crippen LogP contribution in [-0.2, 0) is 9.59 Å². The summed E-state index contributed by atoms with van der Waals surface area (Å²) in [5.41, 5.74) is -0.583. The van der Waals surface area contributed by atoms with Gasteiger partial charge in [0.2, 0.25) is 11.8 Å². The largest absolute Gasteiger partial charge is 0.394 e. The zero-order chi connectivity index (χ0) is 46.5. The van der Waals surface area contributed by atoms with E-state index in [1.807, 2.05) is 0 Å². The van der Waals surface area contributed by atoms with Crippen LogP contribution >= 0.6 is 113 Å². The second kappa shape index (κ2) is 26.5. The lowest BCUT2D eigenvalue weighted by Gasteiger charge is -2.32. The molecule has 0 aromatic heterocycles. The minimum absolute atomic E-state index is 0.0138. The Hall–Kier alpha value is -1.45. The van der Waals surface area contributed by atoms with Crippen molar-refractivity contribution in [1.29, 1.82) is 0 Å². The Bertz CT molecular complexity index is 1890. The Balaban J connectivity index is 2.79. The lowest BCUT2D eigenvalue weighted by Crippen LogP contribution is -2.45. The zero-order valence-electron chi connectivity index (χ0n) is 32.3. The van der Waals surface area contributed by atoms with Crippen molar-refractivity contribution < 1.29 is 74.7 Å². The van der Waals surface area contributed by atoms with Crippen molar-refractivity contribution in [2.24, 2.45) is 0 Å². The molecule has 2 aromatic rings. The Morgan fingerprint density at radius 1 is 0.492 bits per heavy atom. The Kier molecular flexibility index (Phi) is 24.2. The fraction of sp³-hybridized carbons (Fsp3) is 0.486. The molecule has 0 radical (unpaired) electrons. The van der Waals surface area contributed by atoms with Crippen molar-refractivity contribution in [2.75, 3.05) is 75.5 Å². The molecule has 13 N–H and O–H groups in total. The van der Waals surface area contributed by atoms with Crippen molar-refractivity contribution in [3.05, 3.63) is 46.2 Å². The van der Waals surface area contributed by atoms with Gasteiger partial charge in [-0.3, -0.25) is 28.8 Å². The van der Waals surface area contributed by atoms with Gasteiger partial charge in [0.15, 0.2) is 0 Å². The number of nitrogens with zero attached hydrogens (tertiary/aromatic N) is 2. The van der Waals surface area contributed by atoms with Crippen LogP contribution in [0.2, 0.25) is 0 Å². The van der Waals surface area contributed by atoms with E-state index in [9.17, 15) is 74.7 Å². The van der Waals surface area contributed by atoms with E-state index in [0.29, 0.717) is 0 Å². The first kappa shape index (κ1) is 55.7. The standard InChI is InChI=1S/C35H45I5N6O15/c1-14(51)45(22-3-21(32(58)41-4-16(53)10-47)26(36)23(27(22)37)33(59)42-5-17(54)11-48)8-20(57)9-46(15(2)52)31-29(39)24(34(60)43-6-18(55)12-49)28(38)25(30(31)40)35(61)44-7-19(56)13-50/h3,16-20,47-50,53-57H,4-13H2,1-2H3,(H,41,58)(H,42,59)(H,43,60)(H,44,61). The van der Waals surface area contributed by atoms with E-state index >= 15 is 0 Å². The predicted molar refractivity (Wildman–Crippen MR) is 260 cm³/mol. The first-order valence-corrected chi connectivity index (χ1v) is 23.2. The van der Waals surface area contributed by atoms with Gasteiger partial charge in [0, 0.05) is 47.2 Å². The highest BCUT2D eigenvalue weighted by molar-refractivity contribution is 14.1. The van der Waals surface area contributed by atoms with Gasteiger partial charge in [-0.1, -0.05) is 0 Å². The highest BCUT2D eigenvalue weighted by atomic mass is 127. The van der Waals surface area contributed by atoms with E-state index in [2.05, 4.69) is 21.3 Å². The number of hydrogen-bond acceptors (Lipinski definition) is 15. The number of nitrogens with one attached hydrogen (secondary N) is 4. The minimum Gasteiger partial charge on any atom is -0.394 e. The topological polar surface area (TPSA) is 339 Å². The van der Waals surface area contributed by atoms with E-state index in [-0.39, 0.29) is 77.7 Å². The monoisotopic (exact) mass is 1420 g/mol. The molecule has 340 valence electrons. The second-order valence-electron chi connectivity index (χ2n) is 13.1. The van der Waals surface area contributed by atoms with Crippen molar-refractivity contribution >= 4 is 160 Å². The molecule has 26 heteroatoms. The molecule has 61 heavy (non-hydrogen) atoms. The van der Waals surface area contributed by atoms with Gasteiger partial charge < -0.3 is 77.0 Å². The van der Waals surface area contributed by atoms with Gasteiger partial charge in [-0.25, -0.2) is 0 Å². The molecule has 0 aliphatic rings. The van der Waals surface area contributed by atoms with E-state index in [1.54, 1.807) is 113 Å². The van der Waals surface area contributed by atoms with E-state index in [1.165, 1.54) is 6.07 Å². The number of aliphatic hydroxyl groups is 9. The van der Waals surface area contributed by atoms with Gasteiger partial charge in [0.1, 0.15) is 0 Å². The fourth-order valence-corrected chi connectivity index (χ4v) is 12.3. The quantitative estimate of drug-likeness (QED) is 0.0557. The number of carbonyl (C=O) groups is 6. The van der Waals surface area contributed by atoms with Crippen LogP contribution in [-0.4, -0.2) is 178 Å². The lowest BCUT2D eigenvalue weighted by atomic mass is 10.1. The van der Waals surface area contributed by atoms with Crippen LogP contribution in [0.5, 0.6) is 0 Å². The van der Waals surface area contributed by atoms with Crippen molar-refractivity contribution in [2.45, 2.75) is 44.4 Å². The van der Waals surface area contributed by atoms with Gasteiger partial charge in [0.05, 0.1) is 114 Å². The number of anilines is 2. The Morgan fingerprint density at radius 2 is 0.820 bits per heavy atom. The summed E-state index contributed by atoms with van der Waals surface area (Å²) in [5.74, 6) is -4.61. The number of carbonyl (C=O) groups excluding carboxylic acids is 6. The molecule has 0 saturated heterocycles. The molecule has 2 rings (SSSR count). The van der Waals surface area contributed by atoms with Crippen molar-refractivity contribution in [3.63, 3.8) is 0 Å². The number of halogens is 5. The molecule has 0 aliphatic carbocycles. The molecule has 6 amide bonds. The van der Waals surface area contributed by atoms with Gasteiger partial charge in [-0.05, 0) is 119 Å². The van der Waals surface area contributed by atoms with Crippen LogP contribution in [0.4, 0.5) is 11.4 Å². The average Bonchev–Trinajstić information content (AvgIpc) is 3.21. The summed E-state index contributed by atoms with van der Waals surface area (Å²) in [6.45, 7) is -3.08. The first-order chi connectivity index (χ1) is 28.6. The number of rotatable bonds is 22. The lowest BCUT2D eigenvalue weighted by molar-refractivity contribution is -0.117. The molecule has 0 saturated carbocycles. The molecule has 0 heterocycles. The maximum atomic E-state index is 13.6. The van der Waals surface area contributed by atoms with Crippen LogP contribution in [0.25, 0.3) is 0 Å². The van der Waals surface area contributed by atoms with Crippen molar-refractivity contribution in [1.82, 2.24) is 21.3 Å². The van der Waals surface area contributed by atoms with Crippen LogP contribution in [0.3, 0.4) is 0 Å². The SMILES string of the molecule is CC(=O)N(CC(O)CN(C(C)=O)c1c(I)c(C(=O)NCC(O)CO)c(I)c(C(=O)NCC(O)CO)c1I)c1cc(C(=O)NCC(O)CO)c(I)c(C(=O)NCC(O)CO)c1I. The third-order valence-electron chi connectivity index (χ3n) is 8.34. The normalized spacial score (nSPS) is 13.6. The van der Waals surface area contributed by atoms with E-state index in [0.717, 1.165) is 23.6 Å². The molecule has 21 nitrogen and oxygen atoms in total. The smallest absolute Gasteiger partial charge is 0.253 e. The predicted octanol–water partition coefficient (Wildman–Crippen LogP) is -2.19. The van der Waals surface area contributed by atoms with Crippen LogP contribution in [0, 0.1) is 17.9 Å². The summed E-state index contributed by atoms with van der Waals surface area (Å²) in [6, 6.07) is 1.27. The highest BCUT2D eigenvalue weighted by Gasteiger charge is 2.34. The molecule has 5 atom stereocenters. The van der Waals surface area contributed by atoms with Gasteiger partial charge in [0.25, 0.3) is 23.6 Å². The highest BCUT2D eigenvalue weighted by Crippen LogP contribution is 2.39. The van der Waals surface area contributed by atoms with Gasteiger partial charge >= 0.3 is 0 Å². The Morgan fingerprint density at radius 3 is 1.16 bits per heavy atom. The molecular weight excluding hydrogens is 1380 g/mol. The minimum atomic E-state index is -1.61. The van der Waals surface area contributed by atoms with Crippen molar-refractivity contribution in [3.8, 4) is 0 Å². The first-order valence-electron chi connectivity index (χ1n) is 17.8. The summed E-state index contributed by atoms with van der Waals surface area (Å²) in [6.07, 6.45) is -6.93. The molecule has 0 aliphatic heterocycles. The maximum absolute atomic E-state index is 13.6. The fourth-order valence-electron chi connectivity index (χ4n) is 5.18. The molecule has 2 aromatic carbocycles. The summed E-state index contributed by atoms with van der Waals surface area (Å²) >= 11 is 8.81. The maximum Gasteiger partial charge on any atom is 0.253 e. The summed E-state index contributed by atoms with van der Waals surface area (Å²) in [5, 5.41) is 98.1. The summed E-state index contributed by atoms with van der Waals surface area (Å²) < 4.78 is 0.538. The zero-order valence-corrected chi connectivity index (χ0v) is 43.1. The number of benzene rings is 2. The van der Waals surface area contributed by atoms with Gasteiger partial charge in [-0.2, -0.15) is 0 Å². The third-order valence-corrected chi connectivity index (χ3v) is 13.7. The van der Waals surface area contributed by atoms with Crippen LogP contribution in [0.15, 0.2) is 6.07 Å². The molecule has 0 fully saturated rings. The Labute approximate surface area is 417 Å². The second-order valence-corrected chi connectivity index (χ2v) is 18.5. The van der Waals surface area contributed by atoms with Crippen LogP contribution in [0.1, 0.15) is 55.3 Å². The number of hydrogen-bond donors (Lipinski definition) is 13. The van der Waals surface area contributed by atoms with Crippen LogP contribution < -0.4 is 31.1 Å². The van der Waals surface area contributed by atoms with Gasteiger partial charge in [-0.15, -0.1) is 0 Å². The third kappa shape index (κ3) is 15.3. The summed E-state index contributed by atoms with van der Waals surface area (Å²) in [7, 11) is 0. The number of aliphatic hydroxyl groups excluding tert-OH is 9. The van der Waals surface area contributed by atoms with E-state index in [4.69, 9.17) is 0 Å². The molecule has 0 bridgehead atoms. The van der Waals surface area contributed by atoms with E-state index < -0.39 is 105 Å². The molecule has 5 unspecified atom stereocenters.